The first-order valence-electron chi connectivity index (χ1n) is 10.5. The highest BCUT2D eigenvalue weighted by Crippen LogP contribution is 2.30. The molecule has 1 unspecified atom stereocenters. The minimum absolute atomic E-state index is 0.173. The first-order chi connectivity index (χ1) is 15.7. The molecule has 2 aromatic carbocycles. The van der Waals surface area contributed by atoms with Crippen molar-refractivity contribution in [3.63, 3.8) is 0 Å². The van der Waals surface area contributed by atoms with Gasteiger partial charge in [-0.2, -0.15) is 22.8 Å². The van der Waals surface area contributed by atoms with Gasteiger partial charge in [0, 0.05) is 17.3 Å². The van der Waals surface area contributed by atoms with E-state index in [9.17, 15) is 13.2 Å². The molecule has 1 atom stereocenters. The third-order valence-corrected chi connectivity index (χ3v) is 5.34. The molecule has 0 amide bonds. The van der Waals surface area contributed by atoms with Crippen LogP contribution in [0, 0.1) is 6.92 Å². The van der Waals surface area contributed by atoms with Gasteiger partial charge in [0.25, 0.3) is 0 Å². The number of thioether (sulfide) groups is 1. The molecule has 9 heteroatoms. The van der Waals surface area contributed by atoms with E-state index in [-0.39, 0.29) is 18.9 Å². The van der Waals surface area contributed by atoms with E-state index in [0.29, 0.717) is 24.7 Å². The third kappa shape index (κ3) is 11.3. The zero-order valence-corrected chi connectivity index (χ0v) is 19.8. The zero-order valence-electron chi connectivity index (χ0n) is 18.9. The fourth-order valence-corrected chi connectivity index (χ4v) is 3.63. The van der Waals surface area contributed by atoms with Crippen LogP contribution in [0.2, 0.25) is 0 Å². The second kappa shape index (κ2) is 15.4. The summed E-state index contributed by atoms with van der Waals surface area (Å²) in [4.78, 5) is 17.4. The summed E-state index contributed by atoms with van der Waals surface area (Å²) in [5.41, 5.74) is 0.395. The normalized spacial score (nSPS) is 11.7. The molecule has 0 radical (unpaired) electrons. The molecule has 0 fully saturated rings. The maximum Gasteiger partial charge on any atom is 0.416 e. The fourth-order valence-electron chi connectivity index (χ4n) is 2.63. The average Bonchev–Trinajstić information content (AvgIpc) is 2.78. The Kier molecular flexibility index (Phi) is 13.3. The second-order valence-corrected chi connectivity index (χ2v) is 8.09. The van der Waals surface area contributed by atoms with Crippen LogP contribution in [0.4, 0.5) is 13.2 Å². The van der Waals surface area contributed by atoms with Crippen molar-refractivity contribution >= 4 is 17.9 Å². The Morgan fingerprint density at radius 3 is 2.15 bits per heavy atom. The number of alkyl halides is 3. The van der Waals surface area contributed by atoms with Crippen LogP contribution in [0.1, 0.15) is 37.8 Å². The molecule has 0 aromatic heterocycles. The van der Waals surface area contributed by atoms with Crippen molar-refractivity contribution in [2.24, 2.45) is 0 Å². The summed E-state index contributed by atoms with van der Waals surface area (Å²) in [6.45, 7) is 7.69. The predicted molar refractivity (Wildman–Crippen MR) is 120 cm³/mol. The first kappa shape index (κ1) is 28.6. The van der Waals surface area contributed by atoms with Crippen molar-refractivity contribution in [1.29, 1.82) is 0 Å². The van der Waals surface area contributed by atoms with E-state index in [1.165, 1.54) is 12.1 Å². The van der Waals surface area contributed by atoms with Gasteiger partial charge in [0.15, 0.2) is 0 Å². The van der Waals surface area contributed by atoms with Crippen molar-refractivity contribution in [3.05, 3.63) is 53.6 Å². The number of hydrogen-bond acceptors (Lipinski definition) is 6. The molecule has 0 aliphatic carbocycles. The van der Waals surface area contributed by atoms with E-state index in [1.54, 1.807) is 11.8 Å². The molecule has 33 heavy (non-hydrogen) atoms. The summed E-state index contributed by atoms with van der Waals surface area (Å²) in [5, 5.41) is 0. The predicted octanol–water partition coefficient (Wildman–Crippen LogP) is 6.19. The molecule has 0 aliphatic rings. The lowest BCUT2D eigenvalue weighted by Gasteiger charge is -2.19. The summed E-state index contributed by atoms with van der Waals surface area (Å²) in [5.74, 6) is 1.96. The summed E-state index contributed by atoms with van der Waals surface area (Å²) >= 11 is 1.66. The minimum Gasteiger partial charge on any atom is -0.493 e. The Morgan fingerprint density at radius 1 is 0.970 bits per heavy atom. The second-order valence-electron chi connectivity index (χ2n) is 7.00. The van der Waals surface area contributed by atoms with Crippen molar-refractivity contribution < 1.29 is 37.0 Å². The van der Waals surface area contributed by atoms with Gasteiger partial charge in [0.05, 0.1) is 12.2 Å². The molecule has 0 saturated heterocycles. The Morgan fingerprint density at radius 2 is 1.61 bits per heavy atom. The first-order valence-corrected chi connectivity index (χ1v) is 11.5. The number of rotatable bonds is 12. The molecule has 182 valence electrons. The highest BCUT2D eigenvalue weighted by molar-refractivity contribution is 7.99. The zero-order chi connectivity index (χ0) is 24.7. The molecule has 0 bridgehead atoms. The van der Waals surface area contributed by atoms with E-state index < -0.39 is 11.7 Å². The smallest absolute Gasteiger partial charge is 0.416 e. The molecular weight excluding hydrogens is 457 g/mol. The average molecular weight is 487 g/mol. The third-order valence-electron chi connectivity index (χ3n) is 4.22. The van der Waals surface area contributed by atoms with Gasteiger partial charge in [0.2, 0.25) is 0 Å². The van der Waals surface area contributed by atoms with Crippen LogP contribution in [0.15, 0.2) is 47.4 Å². The number of hydrogen-bond donors (Lipinski definition) is 0. The Labute approximate surface area is 196 Å². The van der Waals surface area contributed by atoms with E-state index in [0.717, 1.165) is 41.2 Å². The summed E-state index contributed by atoms with van der Waals surface area (Å²) in [6.07, 6.45) is -2.43. The molecule has 0 spiro atoms. The molecule has 0 aliphatic heterocycles. The molecule has 0 saturated carbocycles. The van der Waals surface area contributed by atoms with Gasteiger partial charge < -0.3 is 14.2 Å². The van der Waals surface area contributed by atoms with Crippen LogP contribution in [0.3, 0.4) is 0 Å². The van der Waals surface area contributed by atoms with Gasteiger partial charge in [-0.3, -0.25) is 0 Å². The number of benzene rings is 2. The van der Waals surface area contributed by atoms with E-state index in [2.05, 4.69) is 13.0 Å². The Balaban J connectivity index is 0.00000172. The standard InChI is InChI=1S/C23H29F3O3S.CO2/c1-4-12-27-20(15-29-19-8-6-18(7-9-19)23(24,25)26)16-30-21-10-11-22(17(3)14-21)28-13-5-2;2-1-3/h6-11,14,20H,4-5,12-13,15-16H2,1-3H3;. The van der Waals surface area contributed by atoms with Crippen LogP contribution in [-0.4, -0.2) is 37.8 Å². The number of halogens is 3. The molecular formula is C24H29F3O5S. The lowest BCUT2D eigenvalue weighted by atomic mass is 10.2. The van der Waals surface area contributed by atoms with Crippen molar-refractivity contribution in [1.82, 2.24) is 0 Å². The van der Waals surface area contributed by atoms with Gasteiger partial charge in [-0.15, -0.1) is 11.8 Å². The van der Waals surface area contributed by atoms with Crippen LogP contribution < -0.4 is 9.47 Å². The Hall–Kier alpha value is -2.48. The maximum atomic E-state index is 12.7. The van der Waals surface area contributed by atoms with Gasteiger partial charge in [-0.1, -0.05) is 13.8 Å². The fraction of sp³-hybridized carbons (Fsp3) is 0.458. The van der Waals surface area contributed by atoms with Gasteiger partial charge >= 0.3 is 12.3 Å². The Bertz CT molecular complexity index is 850. The van der Waals surface area contributed by atoms with Crippen LogP contribution >= 0.6 is 11.8 Å². The molecule has 0 heterocycles. The number of aryl methyl sites for hydroxylation is 1. The van der Waals surface area contributed by atoms with E-state index >= 15 is 0 Å². The lowest BCUT2D eigenvalue weighted by Crippen LogP contribution is -2.25. The van der Waals surface area contributed by atoms with Crippen molar-refractivity contribution in [2.45, 2.75) is 50.8 Å². The van der Waals surface area contributed by atoms with Gasteiger partial charge in [-0.25, -0.2) is 0 Å². The topological polar surface area (TPSA) is 61.8 Å². The summed E-state index contributed by atoms with van der Waals surface area (Å²) < 4.78 is 55.3. The summed E-state index contributed by atoms with van der Waals surface area (Å²) in [7, 11) is 0. The highest BCUT2D eigenvalue weighted by atomic mass is 32.2. The van der Waals surface area contributed by atoms with Crippen LogP contribution in [0.25, 0.3) is 0 Å². The van der Waals surface area contributed by atoms with Crippen LogP contribution in [0.5, 0.6) is 11.5 Å². The molecule has 0 N–H and O–H groups in total. The highest BCUT2D eigenvalue weighted by Gasteiger charge is 2.30. The monoisotopic (exact) mass is 486 g/mol. The number of ether oxygens (including phenoxy) is 3. The lowest BCUT2D eigenvalue weighted by molar-refractivity contribution is -0.191. The quantitative estimate of drug-likeness (QED) is 0.334. The molecule has 2 aromatic rings. The number of carbonyl (C=O) groups excluding carboxylic acids is 2. The SMILES string of the molecule is CCCOc1ccc(SCC(COc2ccc(C(F)(F)F)cc2)OCCC)cc1C.O=C=O. The molecule has 5 nitrogen and oxygen atoms in total. The maximum absolute atomic E-state index is 12.7. The van der Waals surface area contributed by atoms with E-state index in [1.807, 2.05) is 26.0 Å². The van der Waals surface area contributed by atoms with Crippen molar-refractivity contribution in [2.75, 3.05) is 25.6 Å². The summed E-state index contributed by atoms with van der Waals surface area (Å²) in [6, 6.07) is 10.8. The largest absolute Gasteiger partial charge is 0.493 e. The van der Waals surface area contributed by atoms with Crippen LogP contribution in [-0.2, 0) is 20.5 Å². The van der Waals surface area contributed by atoms with Crippen molar-refractivity contribution in [3.8, 4) is 11.5 Å². The van der Waals surface area contributed by atoms with Gasteiger partial charge in [0.1, 0.15) is 24.2 Å². The van der Waals surface area contributed by atoms with E-state index in [4.69, 9.17) is 23.8 Å². The van der Waals surface area contributed by atoms with Gasteiger partial charge in [-0.05, 0) is 67.8 Å². The molecule has 2 rings (SSSR count). The minimum atomic E-state index is -4.35.